The van der Waals surface area contributed by atoms with E-state index in [4.69, 9.17) is 16.1 Å². The van der Waals surface area contributed by atoms with Crippen LogP contribution in [0.4, 0.5) is 0 Å². The number of nitrogens with two attached hydrogens (primary N) is 1. The molecular formula is C10H10N2O2. The van der Waals surface area contributed by atoms with Crippen molar-refractivity contribution < 1.29 is 9.90 Å². The smallest absolute Gasteiger partial charge is 0.320 e. The van der Waals surface area contributed by atoms with Crippen LogP contribution in [-0.2, 0) is 11.2 Å². The lowest BCUT2D eigenvalue weighted by Gasteiger charge is -2.07. The summed E-state index contributed by atoms with van der Waals surface area (Å²) in [7, 11) is 0. The Labute approximate surface area is 81.6 Å². The van der Waals surface area contributed by atoms with Gasteiger partial charge in [0.05, 0.1) is 11.6 Å². The van der Waals surface area contributed by atoms with Crippen LogP contribution in [0.25, 0.3) is 0 Å². The molecule has 14 heavy (non-hydrogen) atoms. The third kappa shape index (κ3) is 2.31. The number of hydrogen-bond acceptors (Lipinski definition) is 3. The van der Waals surface area contributed by atoms with Crippen LogP contribution in [0.5, 0.6) is 0 Å². The molecule has 0 unspecified atom stereocenters. The zero-order valence-electron chi connectivity index (χ0n) is 7.47. The summed E-state index contributed by atoms with van der Waals surface area (Å²) >= 11 is 0. The SMILES string of the molecule is N#Cc1ccccc1C[C@@H](N)C(=O)O. The zero-order chi connectivity index (χ0) is 10.6. The number of carboxylic acids is 1. The first-order valence-corrected chi connectivity index (χ1v) is 4.11. The number of carbonyl (C=O) groups is 1. The molecule has 0 aromatic heterocycles. The van der Waals surface area contributed by atoms with Gasteiger partial charge in [-0.1, -0.05) is 18.2 Å². The fourth-order valence-corrected chi connectivity index (χ4v) is 1.13. The quantitative estimate of drug-likeness (QED) is 0.727. The van der Waals surface area contributed by atoms with Crippen molar-refractivity contribution in [2.75, 3.05) is 0 Å². The minimum atomic E-state index is -1.06. The Kier molecular flexibility index (Phi) is 3.21. The Bertz CT molecular complexity index is 382. The van der Waals surface area contributed by atoms with Crippen LogP contribution in [-0.4, -0.2) is 17.1 Å². The van der Waals surface area contributed by atoms with E-state index in [9.17, 15) is 4.79 Å². The van der Waals surface area contributed by atoms with Gasteiger partial charge in [-0.15, -0.1) is 0 Å². The van der Waals surface area contributed by atoms with Crippen LogP contribution in [0.15, 0.2) is 24.3 Å². The van der Waals surface area contributed by atoms with Gasteiger partial charge >= 0.3 is 5.97 Å². The van der Waals surface area contributed by atoms with E-state index in [0.29, 0.717) is 11.1 Å². The Morgan fingerprint density at radius 3 is 2.79 bits per heavy atom. The summed E-state index contributed by atoms with van der Waals surface area (Å²) in [5, 5.41) is 17.3. The van der Waals surface area contributed by atoms with Crippen LogP contribution in [0.3, 0.4) is 0 Å². The summed E-state index contributed by atoms with van der Waals surface area (Å²) in [5.74, 6) is -1.06. The molecule has 3 N–H and O–H groups in total. The number of hydrogen-bond donors (Lipinski definition) is 2. The third-order valence-corrected chi connectivity index (χ3v) is 1.89. The van der Waals surface area contributed by atoms with Crippen molar-refractivity contribution in [3.05, 3.63) is 35.4 Å². The van der Waals surface area contributed by atoms with Crippen molar-refractivity contribution in [3.8, 4) is 6.07 Å². The zero-order valence-corrected chi connectivity index (χ0v) is 7.47. The van der Waals surface area contributed by atoms with Crippen molar-refractivity contribution in [1.29, 1.82) is 5.26 Å². The van der Waals surface area contributed by atoms with E-state index in [1.54, 1.807) is 24.3 Å². The van der Waals surface area contributed by atoms with Gasteiger partial charge in [0, 0.05) is 0 Å². The topological polar surface area (TPSA) is 87.1 Å². The van der Waals surface area contributed by atoms with Crippen molar-refractivity contribution in [2.45, 2.75) is 12.5 Å². The van der Waals surface area contributed by atoms with Gasteiger partial charge in [-0.25, -0.2) is 0 Å². The van der Waals surface area contributed by atoms with Crippen molar-refractivity contribution in [1.82, 2.24) is 0 Å². The first kappa shape index (κ1) is 10.2. The average molecular weight is 190 g/mol. The molecule has 72 valence electrons. The highest BCUT2D eigenvalue weighted by Crippen LogP contribution is 2.09. The molecule has 0 aliphatic heterocycles. The van der Waals surface area contributed by atoms with Crippen molar-refractivity contribution >= 4 is 5.97 Å². The molecule has 0 saturated carbocycles. The summed E-state index contributed by atoms with van der Waals surface area (Å²) in [4.78, 5) is 10.5. The molecule has 0 spiro atoms. The minimum absolute atomic E-state index is 0.180. The number of benzene rings is 1. The van der Waals surface area contributed by atoms with Gasteiger partial charge in [-0.2, -0.15) is 5.26 Å². The van der Waals surface area contributed by atoms with Crippen LogP contribution in [0.1, 0.15) is 11.1 Å². The van der Waals surface area contributed by atoms with Gasteiger partial charge in [0.2, 0.25) is 0 Å². The molecule has 0 fully saturated rings. The molecule has 1 aromatic rings. The number of nitrogens with zero attached hydrogens (tertiary/aromatic N) is 1. The predicted molar refractivity (Wildman–Crippen MR) is 50.5 cm³/mol. The lowest BCUT2D eigenvalue weighted by atomic mass is 10.0. The molecule has 4 nitrogen and oxygen atoms in total. The van der Waals surface area contributed by atoms with Crippen molar-refractivity contribution in [2.24, 2.45) is 5.73 Å². The van der Waals surface area contributed by atoms with Crippen molar-refractivity contribution in [3.63, 3.8) is 0 Å². The minimum Gasteiger partial charge on any atom is -0.480 e. The van der Waals surface area contributed by atoms with E-state index in [1.807, 2.05) is 6.07 Å². The predicted octanol–water partition coefficient (Wildman–Crippen LogP) is 0.513. The van der Waals surface area contributed by atoms with Crippen LogP contribution >= 0.6 is 0 Å². The van der Waals surface area contributed by atoms with Gasteiger partial charge < -0.3 is 10.8 Å². The second-order valence-electron chi connectivity index (χ2n) is 2.92. The molecule has 0 heterocycles. The Morgan fingerprint density at radius 2 is 2.21 bits per heavy atom. The van der Waals surface area contributed by atoms with E-state index in [0.717, 1.165) is 0 Å². The Hall–Kier alpha value is -1.86. The summed E-state index contributed by atoms with van der Waals surface area (Å²) in [5.41, 5.74) is 6.51. The highest BCUT2D eigenvalue weighted by atomic mass is 16.4. The maximum atomic E-state index is 10.5. The van der Waals surface area contributed by atoms with Gasteiger partial charge in [0.1, 0.15) is 6.04 Å². The van der Waals surface area contributed by atoms with E-state index < -0.39 is 12.0 Å². The van der Waals surface area contributed by atoms with Crippen LogP contribution in [0, 0.1) is 11.3 Å². The third-order valence-electron chi connectivity index (χ3n) is 1.89. The van der Waals surface area contributed by atoms with Gasteiger partial charge in [0.25, 0.3) is 0 Å². The molecule has 0 bridgehead atoms. The highest BCUT2D eigenvalue weighted by molar-refractivity contribution is 5.73. The van der Waals surface area contributed by atoms with E-state index in [1.165, 1.54) is 0 Å². The molecule has 0 aliphatic rings. The number of aliphatic carboxylic acids is 1. The molecule has 1 atom stereocenters. The molecule has 1 aromatic carbocycles. The van der Waals surface area contributed by atoms with Gasteiger partial charge in [0.15, 0.2) is 0 Å². The maximum Gasteiger partial charge on any atom is 0.320 e. The van der Waals surface area contributed by atoms with E-state index in [2.05, 4.69) is 0 Å². The first-order chi connectivity index (χ1) is 6.65. The summed E-state index contributed by atoms with van der Waals surface area (Å²) in [6, 6.07) is 7.87. The molecule has 0 radical (unpaired) electrons. The molecule has 0 aliphatic carbocycles. The first-order valence-electron chi connectivity index (χ1n) is 4.11. The molecule has 0 saturated heterocycles. The van der Waals surface area contributed by atoms with Gasteiger partial charge in [-0.3, -0.25) is 4.79 Å². The second-order valence-corrected chi connectivity index (χ2v) is 2.92. The van der Waals surface area contributed by atoms with Crippen LogP contribution in [0.2, 0.25) is 0 Å². The molecule has 1 rings (SSSR count). The fourth-order valence-electron chi connectivity index (χ4n) is 1.13. The fraction of sp³-hybridized carbons (Fsp3) is 0.200. The second kappa shape index (κ2) is 4.40. The molecular weight excluding hydrogens is 180 g/mol. The maximum absolute atomic E-state index is 10.5. The molecule has 0 amide bonds. The Morgan fingerprint density at radius 1 is 1.57 bits per heavy atom. The summed E-state index contributed by atoms with van der Waals surface area (Å²) in [6.45, 7) is 0. The lowest BCUT2D eigenvalue weighted by Crippen LogP contribution is -2.32. The monoisotopic (exact) mass is 190 g/mol. The molecule has 4 heteroatoms. The number of rotatable bonds is 3. The van der Waals surface area contributed by atoms with Gasteiger partial charge in [-0.05, 0) is 18.1 Å². The standard InChI is InChI=1S/C10H10N2O2/c11-6-8-4-2-1-3-7(8)5-9(12)10(13)14/h1-4,9H,5,12H2,(H,13,14)/t9-/m1/s1. The number of carboxylic acid groups (broad SMARTS) is 1. The lowest BCUT2D eigenvalue weighted by molar-refractivity contribution is -0.138. The summed E-state index contributed by atoms with van der Waals surface area (Å²) < 4.78 is 0. The normalized spacial score (nSPS) is 11.7. The average Bonchev–Trinajstić information content (AvgIpc) is 2.18. The highest BCUT2D eigenvalue weighted by Gasteiger charge is 2.13. The number of nitriles is 1. The largest absolute Gasteiger partial charge is 0.480 e. The Balaban J connectivity index is 2.87. The van der Waals surface area contributed by atoms with Crippen LogP contribution < -0.4 is 5.73 Å². The van der Waals surface area contributed by atoms with E-state index >= 15 is 0 Å². The summed E-state index contributed by atoms with van der Waals surface area (Å²) in [6.07, 6.45) is 0.180. The van der Waals surface area contributed by atoms with E-state index in [-0.39, 0.29) is 6.42 Å².